The number of carboxylic acids is 1. The van der Waals surface area contributed by atoms with Crippen molar-refractivity contribution in [3.63, 3.8) is 0 Å². The first-order valence-corrected chi connectivity index (χ1v) is 13.2. The number of aryl methyl sites for hydroxylation is 1. The molecule has 1 aliphatic rings. The molecule has 2 atom stereocenters. The summed E-state index contributed by atoms with van der Waals surface area (Å²) in [6.45, 7) is 1.74. The summed E-state index contributed by atoms with van der Waals surface area (Å²) in [6, 6.07) is 19.4. The highest BCUT2D eigenvalue weighted by Gasteiger charge is 2.42. The summed E-state index contributed by atoms with van der Waals surface area (Å²) in [6.07, 6.45) is 0.481. The summed E-state index contributed by atoms with van der Waals surface area (Å²) in [7, 11) is 0. The molecule has 5 rings (SSSR count). The molecule has 10 heteroatoms. The van der Waals surface area contributed by atoms with E-state index in [2.05, 4.69) is 11.2 Å². The monoisotopic (exact) mass is 554 g/mol. The zero-order chi connectivity index (χ0) is 29.1. The summed E-state index contributed by atoms with van der Waals surface area (Å²) in [4.78, 5) is 35.1. The maximum absolute atomic E-state index is 13.6. The predicted octanol–water partition coefficient (Wildman–Crippen LogP) is 4.81. The highest BCUT2D eigenvalue weighted by molar-refractivity contribution is 6.04. The number of rotatable bonds is 9. The zero-order valence-electron chi connectivity index (χ0n) is 22.2. The van der Waals surface area contributed by atoms with E-state index < -0.39 is 23.5 Å². The molecule has 9 nitrogen and oxygen atoms in total. The summed E-state index contributed by atoms with van der Waals surface area (Å²) >= 11 is 0. The van der Waals surface area contributed by atoms with Gasteiger partial charge in [-0.15, -0.1) is 0 Å². The van der Waals surface area contributed by atoms with E-state index >= 15 is 0 Å². The SMILES string of the molecule is C[C@@]1([C@@H](O)c2cccc(C#N)c2)CC(c2ccc3c(=O)n(-c4ccc(F)cc4)c(CCCCC(=O)O)nc3c2)=NO1. The highest BCUT2D eigenvalue weighted by atomic mass is 19.1. The van der Waals surface area contributed by atoms with Crippen LogP contribution in [0.25, 0.3) is 16.6 Å². The van der Waals surface area contributed by atoms with Crippen LogP contribution in [0.1, 0.15) is 61.2 Å². The number of benzene rings is 3. The molecule has 0 fully saturated rings. The van der Waals surface area contributed by atoms with Gasteiger partial charge < -0.3 is 15.1 Å². The third-order valence-electron chi connectivity index (χ3n) is 7.19. The van der Waals surface area contributed by atoms with Crippen LogP contribution in [0.4, 0.5) is 4.39 Å². The van der Waals surface area contributed by atoms with E-state index in [0.29, 0.717) is 64.1 Å². The second-order valence-corrected chi connectivity index (χ2v) is 10.2. The lowest BCUT2D eigenvalue weighted by atomic mass is 9.86. The third kappa shape index (κ3) is 5.71. The van der Waals surface area contributed by atoms with Crippen molar-refractivity contribution in [1.29, 1.82) is 5.26 Å². The molecule has 0 radical (unpaired) electrons. The van der Waals surface area contributed by atoms with E-state index in [1.165, 1.54) is 28.8 Å². The molecule has 0 amide bonds. The number of aliphatic hydroxyl groups is 1. The average Bonchev–Trinajstić information content (AvgIpc) is 3.38. The zero-order valence-corrected chi connectivity index (χ0v) is 22.2. The van der Waals surface area contributed by atoms with Crippen molar-refractivity contribution in [1.82, 2.24) is 9.55 Å². The smallest absolute Gasteiger partial charge is 0.303 e. The Hall–Kier alpha value is -4.88. The van der Waals surface area contributed by atoms with Crippen LogP contribution in [0.2, 0.25) is 0 Å². The van der Waals surface area contributed by atoms with Gasteiger partial charge in [-0.1, -0.05) is 23.4 Å². The number of carboxylic acid groups (broad SMARTS) is 1. The van der Waals surface area contributed by atoms with Crippen LogP contribution in [0.5, 0.6) is 0 Å². The molecule has 0 unspecified atom stereocenters. The van der Waals surface area contributed by atoms with Gasteiger partial charge >= 0.3 is 5.97 Å². The van der Waals surface area contributed by atoms with Gasteiger partial charge in [0.05, 0.1) is 33.9 Å². The van der Waals surface area contributed by atoms with Crippen LogP contribution in [-0.2, 0) is 16.1 Å². The minimum absolute atomic E-state index is 0.00373. The number of fused-ring (bicyclic) bond motifs is 1. The number of halogens is 1. The van der Waals surface area contributed by atoms with Gasteiger partial charge in [0.1, 0.15) is 17.7 Å². The van der Waals surface area contributed by atoms with E-state index in [4.69, 9.17) is 14.9 Å². The standard InChI is InChI=1S/C31H27FN4O5/c1-31(29(39)21-6-4-5-19(15-21)18-33)17-26(35-41-31)20-9-14-24-25(16-20)34-27(7-2-3-8-28(37)38)36(30(24)40)23-12-10-22(32)11-13-23/h4-6,9-16,29,39H,2-3,7-8,17H2,1H3,(H,37,38)/t29-,31-/m0/s1. The summed E-state index contributed by atoms with van der Waals surface area (Å²) in [5.74, 6) is -0.900. The van der Waals surface area contributed by atoms with Crippen molar-refractivity contribution >= 4 is 22.6 Å². The number of oxime groups is 1. The summed E-state index contributed by atoms with van der Waals surface area (Å²) < 4.78 is 15.0. The lowest BCUT2D eigenvalue weighted by Gasteiger charge is -2.27. The predicted molar refractivity (Wildman–Crippen MR) is 149 cm³/mol. The number of hydrogen-bond donors (Lipinski definition) is 2. The topological polar surface area (TPSA) is 138 Å². The van der Waals surface area contributed by atoms with E-state index in [0.717, 1.165) is 0 Å². The molecular weight excluding hydrogens is 527 g/mol. The average molecular weight is 555 g/mol. The molecule has 0 saturated carbocycles. The van der Waals surface area contributed by atoms with Crippen LogP contribution in [0.15, 0.2) is 76.7 Å². The van der Waals surface area contributed by atoms with Gasteiger partial charge in [0, 0.05) is 24.8 Å². The molecule has 1 aromatic heterocycles. The Bertz CT molecular complexity index is 1760. The van der Waals surface area contributed by atoms with Gasteiger partial charge in [-0.2, -0.15) is 5.26 Å². The first-order valence-electron chi connectivity index (χ1n) is 13.2. The second kappa shape index (κ2) is 11.3. The normalized spacial score (nSPS) is 17.1. The van der Waals surface area contributed by atoms with Crippen molar-refractivity contribution in [2.24, 2.45) is 5.16 Å². The lowest BCUT2D eigenvalue weighted by Crippen LogP contribution is -2.33. The van der Waals surface area contributed by atoms with Crippen molar-refractivity contribution in [2.45, 2.75) is 50.7 Å². The molecule has 0 spiro atoms. The fourth-order valence-electron chi connectivity index (χ4n) is 4.98. The third-order valence-corrected chi connectivity index (χ3v) is 7.19. The fraction of sp³-hybridized carbons (Fsp3) is 0.258. The van der Waals surface area contributed by atoms with Gasteiger partial charge in [0.15, 0.2) is 5.60 Å². The summed E-state index contributed by atoms with van der Waals surface area (Å²) in [5.41, 5.74) is 1.68. The Kier molecular flexibility index (Phi) is 7.64. The maximum atomic E-state index is 13.6. The molecule has 4 aromatic rings. The van der Waals surface area contributed by atoms with Crippen molar-refractivity contribution in [2.75, 3.05) is 0 Å². The first-order chi connectivity index (χ1) is 19.7. The second-order valence-electron chi connectivity index (χ2n) is 10.2. The molecule has 2 heterocycles. The molecule has 0 aliphatic carbocycles. The van der Waals surface area contributed by atoms with Gasteiger partial charge in [-0.05, 0) is 73.9 Å². The van der Waals surface area contributed by atoms with Gasteiger partial charge in [-0.25, -0.2) is 9.37 Å². The van der Waals surface area contributed by atoms with Crippen LogP contribution < -0.4 is 5.56 Å². The number of aliphatic carboxylic acids is 1. The van der Waals surface area contributed by atoms with Crippen LogP contribution in [-0.4, -0.2) is 37.0 Å². The fourth-order valence-corrected chi connectivity index (χ4v) is 4.98. The quantitative estimate of drug-likeness (QED) is 0.283. The number of aliphatic hydroxyl groups excluding tert-OH is 1. The Morgan fingerprint density at radius 2 is 1.95 bits per heavy atom. The van der Waals surface area contributed by atoms with Crippen molar-refractivity contribution in [3.8, 4) is 11.8 Å². The van der Waals surface area contributed by atoms with E-state index in [-0.39, 0.29) is 18.4 Å². The number of aromatic nitrogens is 2. The van der Waals surface area contributed by atoms with Gasteiger partial charge in [0.2, 0.25) is 0 Å². The van der Waals surface area contributed by atoms with E-state index in [9.17, 15) is 24.3 Å². The molecule has 3 aromatic carbocycles. The number of hydrogen-bond acceptors (Lipinski definition) is 7. The molecule has 2 N–H and O–H groups in total. The molecule has 208 valence electrons. The van der Waals surface area contributed by atoms with Crippen LogP contribution in [0.3, 0.4) is 0 Å². The Morgan fingerprint density at radius 1 is 1.17 bits per heavy atom. The van der Waals surface area contributed by atoms with Crippen LogP contribution in [0, 0.1) is 17.1 Å². The number of unbranched alkanes of at least 4 members (excludes halogenated alkanes) is 1. The van der Waals surface area contributed by atoms with Gasteiger partial charge in [-0.3, -0.25) is 14.2 Å². The number of carbonyl (C=O) groups is 1. The largest absolute Gasteiger partial charge is 0.481 e. The van der Waals surface area contributed by atoms with Crippen molar-refractivity contribution in [3.05, 3.63) is 105 Å². The number of nitriles is 1. The lowest BCUT2D eigenvalue weighted by molar-refractivity contribution is -0.137. The minimum Gasteiger partial charge on any atom is -0.481 e. The van der Waals surface area contributed by atoms with Crippen LogP contribution >= 0.6 is 0 Å². The Labute approximate surface area is 234 Å². The van der Waals surface area contributed by atoms with Gasteiger partial charge in [0.25, 0.3) is 5.56 Å². The minimum atomic E-state index is -1.08. The van der Waals surface area contributed by atoms with Crippen molar-refractivity contribution < 1.29 is 24.2 Å². The molecule has 0 bridgehead atoms. The molecular formula is C31H27FN4O5. The summed E-state index contributed by atoms with van der Waals surface area (Å²) in [5, 5.41) is 33.9. The molecule has 1 aliphatic heterocycles. The number of nitrogens with zero attached hydrogens (tertiary/aromatic N) is 4. The molecule has 0 saturated heterocycles. The van der Waals surface area contributed by atoms with E-state index in [1.54, 1.807) is 49.4 Å². The highest BCUT2D eigenvalue weighted by Crippen LogP contribution is 2.38. The Balaban J connectivity index is 1.47. The molecule has 41 heavy (non-hydrogen) atoms. The van der Waals surface area contributed by atoms with E-state index in [1.807, 2.05) is 0 Å². The first kappa shape index (κ1) is 27.7. The Morgan fingerprint density at radius 3 is 2.68 bits per heavy atom. The maximum Gasteiger partial charge on any atom is 0.303 e.